The minimum absolute atomic E-state index is 0.0129. The predicted octanol–water partition coefficient (Wildman–Crippen LogP) is 9.95. The molecule has 34 nitrogen and oxygen atoms in total. The van der Waals surface area contributed by atoms with Crippen LogP contribution in [0.25, 0.3) is 31.8 Å². The van der Waals surface area contributed by atoms with E-state index in [0.29, 0.717) is 73.4 Å². The summed E-state index contributed by atoms with van der Waals surface area (Å²) < 4.78 is 15.8. The number of hydrogen-bond donors (Lipinski definition) is 10. The first kappa shape index (κ1) is 96.3. The number of esters is 1. The van der Waals surface area contributed by atoms with E-state index in [-0.39, 0.29) is 93.7 Å². The summed E-state index contributed by atoms with van der Waals surface area (Å²) in [6.45, 7) is 11.9. The van der Waals surface area contributed by atoms with Gasteiger partial charge in [0, 0.05) is 104 Å². The maximum absolute atomic E-state index is 14.6. The third-order valence-electron chi connectivity index (χ3n) is 18.7. The number of carbonyl (C=O) groups excluding carboxylic acids is 12. The van der Waals surface area contributed by atoms with Crippen molar-refractivity contribution in [3.8, 4) is 0 Å². The number of nitrogens with zero attached hydrogens (tertiary/aromatic N) is 9. The number of benzene rings is 4. The number of nitrogens with two attached hydrogens (primary N) is 1. The fraction of sp³-hybridized carbons (Fsp3) is 0.525. The maximum atomic E-state index is 14.6. The second-order valence-corrected chi connectivity index (χ2v) is 37.9. The van der Waals surface area contributed by atoms with Crippen LogP contribution in [0.5, 0.6) is 0 Å². The van der Waals surface area contributed by atoms with Gasteiger partial charge < -0.3 is 77.3 Å². The van der Waals surface area contributed by atoms with E-state index in [1.165, 1.54) is 38.6 Å². The minimum atomic E-state index is -1.48. The summed E-state index contributed by atoms with van der Waals surface area (Å²) in [6.07, 6.45) is 3.18. The summed E-state index contributed by atoms with van der Waals surface area (Å²) in [5.74, 6) is -5.66. The van der Waals surface area contributed by atoms with Gasteiger partial charge in [0.2, 0.25) is 41.4 Å². The topological polar surface area (TPSA) is 478 Å². The van der Waals surface area contributed by atoms with Gasteiger partial charge in [-0.15, -0.1) is 0 Å². The van der Waals surface area contributed by atoms with Crippen LogP contribution in [-0.2, 0) is 87.5 Å². The smallest absolute Gasteiger partial charge is 0.408 e. The average molecular weight is 1740 g/mol. The van der Waals surface area contributed by atoms with Crippen LogP contribution in [0.1, 0.15) is 134 Å². The van der Waals surface area contributed by atoms with Crippen molar-refractivity contribution in [3.63, 3.8) is 0 Å². The lowest BCUT2D eigenvalue weighted by molar-refractivity contribution is -0.153. The number of nitrogens with one attached hydrogen (secondary N) is 9. The van der Waals surface area contributed by atoms with E-state index in [1.54, 1.807) is 64.2 Å². The molecule has 119 heavy (non-hydrogen) atoms. The lowest BCUT2D eigenvalue weighted by atomic mass is 10.0. The first-order chi connectivity index (χ1) is 56.8. The molecule has 644 valence electrons. The number of aromatic amines is 1. The molecule has 3 heterocycles. The molecule has 11 N–H and O–H groups in total. The Bertz CT molecular complexity index is 4340. The van der Waals surface area contributed by atoms with Gasteiger partial charge in [-0.05, 0) is 152 Å². The number of rotatable bonds is 48. The van der Waals surface area contributed by atoms with Crippen LogP contribution in [0.3, 0.4) is 0 Å². The molecule has 0 aliphatic carbocycles. The van der Waals surface area contributed by atoms with Gasteiger partial charge in [-0.1, -0.05) is 183 Å². The summed E-state index contributed by atoms with van der Waals surface area (Å²) in [5.41, 5.74) is 27.7. The van der Waals surface area contributed by atoms with Crippen molar-refractivity contribution >= 4 is 148 Å². The van der Waals surface area contributed by atoms with Crippen LogP contribution in [-0.4, -0.2) is 220 Å². The molecule has 0 radical (unpaired) electrons. The van der Waals surface area contributed by atoms with Crippen molar-refractivity contribution in [3.05, 3.63) is 152 Å². The SMILES string of the molecule is C[C@H](CSSC(C)(C)C)NC(=O)[C@H](Cc1c[nH]c2ccccc12)NC(=O)[C@H](CCCCN(C)C)NC(=O)CNC(=O)[C@H](CSSC(C)(C)CN1CCC[C@H]1C(=O)OCC(=O)N[C@@H](CCCCNC(=O)OCc1ccc(N=[N+]=[N-])cc1)C(=O)N[C@@H](CC(=O)SCc1ccccc1)C(=O)N1CCC[C@H]1C(N)=O)NC(=O)OCc1ccc(N=[N+]=[N-])cc1. The molecule has 0 unspecified atom stereocenters. The number of unbranched alkanes of at least 4 members (excludes halogenated alkanes) is 2. The van der Waals surface area contributed by atoms with E-state index in [0.717, 1.165) is 33.8 Å². The molecule has 10 amide bonds. The van der Waals surface area contributed by atoms with Crippen LogP contribution in [0.2, 0.25) is 0 Å². The molecule has 0 bridgehead atoms. The van der Waals surface area contributed by atoms with Crippen LogP contribution < -0.4 is 48.3 Å². The van der Waals surface area contributed by atoms with Crippen molar-refractivity contribution in [2.24, 2.45) is 16.0 Å². The Morgan fingerprint density at radius 3 is 1.84 bits per heavy atom. The normalized spacial score (nSPS) is 15.6. The van der Waals surface area contributed by atoms with Crippen LogP contribution in [0, 0.1) is 0 Å². The fourth-order valence-corrected chi connectivity index (χ4v) is 18.9. The lowest BCUT2D eigenvalue weighted by Gasteiger charge is -2.32. The number of carbonyl (C=O) groups is 12. The summed E-state index contributed by atoms with van der Waals surface area (Å²) in [4.78, 5) is 181. The Kier molecular flexibility index (Phi) is 40.2. The summed E-state index contributed by atoms with van der Waals surface area (Å²) in [5, 5.41) is 29.6. The second-order valence-electron chi connectivity index (χ2n) is 30.6. The number of amides is 10. The zero-order valence-corrected chi connectivity index (χ0v) is 72.3. The van der Waals surface area contributed by atoms with Gasteiger partial charge in [-0.2, -0.15) is 0 Å². The third-order valence-corrected chi connectivity index (χ3v) is 26.5. The van der Waals surface area contributed by atoms with Crippen molar-refractivity contribution in [1.82, 2.24) is 62.2 Å². The van der Waals surface area contributed by atoms with Crippen molar-refractivity contribution in [2.75, 3.05) is 71.5 Å². The molecule has 8 atom stereocenters. The molecule has 4 aromatic carbocycles. The van der Waals surface area contributed by atoms with Crippen LogP contribution in [0.4, 0.5) is 21.0 Å². The average Bonchev–Trinajstić information content (AvgIpc) is 1.66. The first-order valence-electron chi connectivity index (χ1n) is 39.3. The number of likely N-dealkylation sites (tertiary alicyclic amines) is 2. The number of primary amides is 1. The van der Waals surface area contributed by atoms with E-state index < -0.39 is 137 Å². The van der Waals surface area contributed by atoms with Gasteiger partial charge in [-0.3, -0.25) is 52.8 Å². The first-order valence-corrected chi connectivity index (χ1v) is 44.9. The van der Waals surface area contributed by atoms with Gasteiger partial charge in [0.05, 0.1) is 6.54 Å². The molecule has 1 aromatic heterocycles. The second kappa shape index (κ2) is 49.6. The minimum Gasteiger partial charge on any atom is -0.454 e. The number of aromatic nitrogens is 1. The summed E-state index contributed by atoms with van der Waals surface area (Å²) >= 11 is 0.936. The lowest BCUT2D eigenvalue weighted by Crippen LogP contribution is -2.57. The third kappa shape index (κ3) is 34.8. The number of alkyl carbamates (subject to hydrolysis) is 2. The number of hydrogen-bond acceptors (Lipinski definition) is 24. The zero-order chi connectivity index (χ0) is 86.4. The highest BCUT2D eigenvalue weighted by atomic mass is 33.1. The van der Waals surface area contributed by atoms with E-state index in [9.17, 15) is 57.5 Å². The quantitative estimate of drug-likeness (QED) is 0.00329. The highest BCUT2D eigenvalue weighted by Gasteiger charge is 2.40. The number of para-hydroxylation sites is 1. The van der Waals surface area contributed by atoms with Gasteiger partial charge in [0.1, 0.15) is 55.5 Å². The van der Waals surface area contributed by atoms with E-state index in [1.807, 2.05) is 99.3 Å². The highest BCUT2D eigenvalue weighted by molar-refractivity contribution is 8.77. The van der Waals surface area contributed by atoms with Crippen molar-refractivity contribution in [2.45, 2.75) is 195 Å². The number of thioether (sulfide) groups is 1. The Balaban J connectivity index is 0.991. The van der Waals surface area contributed by atoms with E-state index >= 15 is 0 Å². The van der Waals surface area contributed by atoms with E-state index in [2.05, 4.69) is 88.3 Å². The van der Waals surface area contributed by atoms with Gasteiger partial charge >= 0.3 is 18.2 Å². The predicted molar refractivity (Wildman–Crippen MR) is 463 cm³/mol. The standard InChI is InChI=1S/C80H109N19O15S5/c1-51(47-116-118-79(2,3)4)87-74(107)62(40-55-42-85-59-23-13-12-22-58(55)59)90-72(105)60(25-15-17-37-97(7)8)88-67(100)43-86-71(104)64(92-78(111)114-45-53-30-34-57(35-31-53)94-96-83)49-117-119-80(5,6)50-98-38-18-27-66(98)76(109)112-46-68(101)89-61(24-14-16-36-84-77(110)113-44-52-28-32-56(33-29-52)93-95-82)73(106)91-63(75(108)99-39-19-26-65(99)70(81)103)41-69(102)115-48-54-20-10-9-11-21-54/h9-13,20-23,28-35,42,51,60-66,85H,14-19,24-27,36-41,43-50H2,1-8H3,(H2,81,103)(H,84,110)(H,86,104)(H,87,107)(H,88,100)(H,89,101)(H,90,105)(H,91,106)(H,92,111)/t51-,60+,61+,62+,63+,64+,65+,66+/m1/s1. The molecular weight excluding hydrogens is 1630 g/mol. The van der Waals surface area contributed by atoms with Crippen LogP contribution >= 0.6 is 54.9 Å². The maximum Gasteiger partial charge on any atom is 0.408 e. The molecule has 39 heteroatoms. The zero-order valence-electron chi connectivity index (χ0n) is 68.2. The Hall–Kier alpha value is -9.85. The number of H-pyrrole nitrogens is 1. The van der Waals surface area contributed by atoms with Gasteiger partial charge in [-0.25, -0.2) is 9.59 Å². The number of ether oxygens (including phenoxy) is 3. The Morgan fingerprint density at radius 1 is 0.613 bits per heavy atom. The van der Waals surface area contributed by atoms with Crippen LogP contribution in [0.15, 0.2) is 120 Å². The molecule has 5 aromatic rings. The molecular formula is C80H109N19O15S5. The monoisotopic (exact) mass is 1740 g/mol. The molecule has 7 rings (SSSR count). The molecule has 0 spiro atoms. The van der Waals surface area contributed by atoms with Crippen molar-refractivity contribution < 1.29 is 71.7 Å². The Morgan fingerprint density at radius 2 is 1.20 bits per heavy atom. The largest absolute Gasteiger partial charge is 0.454 e. The molecule has 2 fully saturated rings. The van der Waals surface area contributed by atoms with Gasteiger partial charge in [0.25, 0.3) is 5.91 Å². The number of azide groups is 2. The molecule has 2 aliphatic heterocycles. The highest BCUT2D eigenvalue weighted by Crippen LogP contribution is 2.39. The Labute approximate surface area is 712 Å². The molecule has 0 saturated carbocycles. The van der Waals surface area contributed by atoms with Gasteiger partial charge in [0.15, 0.2) is 11.7 Å². The number of fused-ring (bicyclic) bond motifs is 1. The molecule has 2 saturated heterocycles. The van der Waals surface area contributed by atoms with E-state index in [4.69, 9.17) is 31.0 Å². The van der Waals surface area contributed by atoms with Crippen molar-refractivity contribution in [1.29, 1.82) is 0 Å². The summed E-state index contributed by atoms with van der Waals surface area (Å²) in [6, 6.07) is 21.0. The summed E-state index contributed by atoms with van der Waals surface area (Å²) in [7, 11) is 9.73. The fourth-order valence-electron chi connectivity index (χ4n) is 12.8. The molecule has 2 aliphatic rings.